The van der Waals surface area contributed by atoms with E-state index in [0.717, 1.165) is 18.4 Å². The van der Waals surface area contributed by atoms with Crippen LogP contribution in [0.1, 0.15) is 28.8 Å². The van der Waals surface area contributed by atoms with Crippen molar-refractivity contribution >= 4 is 40.3 Å². The van der Waals surface area contributed by atoms with Gasteiger partial charge in [0.05, 0.1) is 4.92 Å². The average Bonchev–Trinajstić information content (AvgIpc) is 3.62. The molecular formula is C24H22N4O4. The molecule has 0 aromatic heterocycles. The smallest absolute Gasteiger partial charge is 0.293 e. The molecule has 1 fully saturated rings. The van der Waals surface area contributed by atoms with Crippen molar-refractivity contribution < 1.29 is 14.5 Å². The lowest BCUT2D eigenvalue weighted by atomic mass is 10.1. The van der Waals surface area contributed by atoms with E-state index in [2.05, 4.69) is 16.0 Å². The van der Waals surface area contributed by atoms with Crippen molar-refractivity contribution in [3.63, 3.8) is 0 Å². The zero-order valence-electron chi connectivity index (χ0n) is 17.4. The number of amides is 2. The van der Waals surface area contributed by atoms with Crippen molar-refractivity contribution in [2.75, 3.05) is 16.0 Å². The summed E-state index contributed by atoms with van der Waals surface area (Å²) < 4.78 is 0. The number of hydrogen-bond donors (Lipinski definition) is 3. The molecule has 0 unspecified atom stereocenters. The van der Waals surface area contributed by atoms with E-state index in [1.165, 1.54) is 18.2 Å². The van der Waals surface area contributed by atoms with Crippen LogP contribution in [0.4, 0.5) is 28.4 Å². The molecule has 162 valence electrons. The molecule has 4 rings (SSSR count). The Morgan fingerprint density at radius 2 is 1.66 bits per heavy atom. The summed E-state index contributed by atoms with van der Waals surface area (Å²) in [4.78, 5) is 35.9. The highest BCUT2D eigenvalue weighted by atomic mass is 16.6. The number of rotatable bonds is 7. The number of hydrogen-bond acceptors (Lipinski definition) is 5. The second-order valence-corrected chi connectivity index (χ2v) is 7.73. The molecule has 32 heavy (non-hydrogen) atoms. The summed E-state index contributed by atoms with van der Waals surface area (Å²) in [6.07, 6.45) is 1.80. The Balaban J connectivity index is 1.53. The average molecular weight is 430 g/mol. The van der Waals surface area contributed by atoms with E-state index in [1.807, 2.05) is 25.1 Å². The van der Waals surface area contributed by atoms with Gasteiger partial charge in [0.1, 0.15) is 5.69 Å². The maximum atomic E-state index is 12.8. The first kappa shape index (κ1) is 21.0. The molecule has 3 N–H and O–H groups in total. The molecule has 3 aromatic carbocycles. The number of nitrogens with zero attached hydrogens (tertiary/aromatic N) is 1. The molecule has 0 spiro atoms. The fraction of sp³-hybridized carbons (Fsp3) is 0.167. The summed E-state index contributed by atoms with van der Waals surface area (Å²) in [5.74, 6) is -0.436. The van der Waals surface area contributed by atoms with Crippen molar-refractivity contribution in [3.05, 3.63) is 88.0 Å². The van der Waals surface area contributed by atoms with Gasteiger partial charge >= 0.3 is 0 Å². The lowest BCUT2D eigenvalue weighted by Crippen LogP contribution is -2.15. The van der Waals surface area contributed by atoms with Crippen molar-refractivity contribution in [2.45, 2.75) is 19.8 Å². The number of benzene rings is 3. The Hall–Kier alpha value is -4.20. The normalized spacial score (nSPS) is 12.7. The first-order valence-electron chi connectivity index (χ1n) is 10.2. The SMILES string of the molecule is Cc1ccc(NC(=O)C2CC2)cc1NC(=O)c1ccc(Nc2ccccc2)c([N+](=O)[O-])c1. The third kappa shape index (κ3) is 4.92. The molecule has 3 aromatic rings. The molecular weight excluding hydrogens is 408 g/mol. The Morgan fingerprint density at radius 1 is 0.906 bits per heavy atom. The molecule has 0 radical (unpaired) electrons. The first-order valence-corrected chi connectivity index (χ1v) is 10.2. The van der Waals surface area contributed by atoms with Crippen LogP contribution < -0.4 is 16.0 Å². The topological polar surface area (TPSA) is 113 Å². The van der Waals surface area contributed by atoms with Gasteiger partial charge in [0, 0.05) is 34.6 Å². The maximum Gasteiger partial charge on any atom is 0.293 e. The minimum Gasteiger partial charge on any atom is -0.350 e. The fourth-order valence-corrected chi connectivity index (χ4v) is 3.23. The second-order valence-electron chi connectivity index (χ2n) is 7.73. The van der Waals surface area contributed by atoms with Crippen LogP contribution >= 0.6 is 0 Å². The number of nitro groups is 1. The van der Waals surface area contributed by atoms with Gasteiger partial charge in [-0.1, -0.05) is 24.3 Å². The zero-order chi connectivity index (χ0) is 22.7. The number of carbonyl (C=O) groups excluding carboxylic acids is 2. The van der Waals surface area contributed by atoms with E-state index in [1.54, 1.807) is 30.3 Å². The number of para-hydroxylation sites is 1. The Labute approximate surface area is 184 Å². The molecule has 0 saturated heterocycles. The summed E-state index contributed by atoms with van der Waals surface area (Å²) in [7, 11) is 0. The van der Waals surface area contributed by atoms with Crippen LogP contribution in [0.5, 0.6) is 0 Å². The molecule has 1 saturated carbocycles. The van der Waals surface area contributed by atoms with Crippen molar-refractivity contribution in [1.29, 1.82) is 0 Å². The lowest BCUT2D eigenvalue weighted by Gasteiger charge is -2.12. The van der Waals surface area contributed by atoms with Gasteiger partial charge in [-0.3, -0.25) is 19.7 Å². The molecule has 0 aliphatic heterocycles. The monoisotopic (exact) mass is 430 g/mol. The number of carbonyl (C=O) groups is 2. The van der Waals surface area contributed by atoms with E-state index < -0.39 is 10.8 Å². The minimum absolute atomic E-state index is 0.0248. The van der Waals surface area contributed by atoms with Gasteiger partial charge in [0.15, 0.2) is 0 Å². The maximum absolute atomic E-state index is 12.8. The zero-order valence-corrected chi connectivity index (χ0v) is 17.4. The fourth-order valence-electron chi connectivity index (χ4n) is 3.23. The number of anilines is 4. The van der Waals surface area contributed by atoms with E-state index in [-0.39, 0.29) is 23.1 Å². The van der Waals surface area contributed by atoms with Gasteiger partial charge in [-0.25, -0.2) is 0 Å². The van der Waals surface area contributed by atoms with Crippen LogP contribution in [0.15, 0.2) is 66.7 Å². The van der Waals surface area contributed by atoms with E-state index in [9.17, 15) is 19.7 Å². The predicted molar refractivity (Wildman–Crippen MR) is 123 cm³/mol. The minimum atomic E-state index is -0.526. The van der Waals surface area contributed by atoms with Gasteiger partial charge < -0.3 is 16.0 Å². The Kier molecular flexibility index (Phi) is 5.85. The summed E-state index contributed by atoms with van der Waals surface area (Å²) in [5.41, 5.74) is 2.87. The highest BCUT2D eigenvalue weighted by Crippen LogP contribution is 2.31. The molecule has 1 aliphatic carbocycles. The van der Waals surface area contributed by atoms with E-state index >= 15 is 0 Å². The van der Waals surface area contributed by atoms with Crippen LogP contribution in [0, 0.1) is 23.0 Å². The molecule has 8 heteroatoms. The summed E-state index contributed by atoms with van der Waals surface area (Å²) >= 11 is 0. The standard InChI is InChI=1S/C24H22N4O4/c1-15-7-11-19(26-23(29)16-8-9-16)14-21(15)27-24(30)17-10-12-20(22(13-17)28(31)32)25-18-5-3-2-4-6-18/h2-7,10-14,16,25H,8-9H2,1H3,(H,26,29)(H,27,30). The molecule has 0 bridgehead atoms. The quantitative estimate of drug-likeness (QED) is 0.350. The van der Waals surface area contributed by atoms with E-state index in [4.69, 9.17) is 0 Å². The molecule has 1 aliphatic rings. The Bertz CT molecular complexity index is 1190. The molecule has 2 amide bonds. The largest absolute Gasteiger partial charge is 0.350 e. The third-order valence-electron chi connectivity index (χ3n) is 5.21. The number of aryl methyl sites for hydroxylation is 1. The highest BCUT2D eigenvalue weighted by Gasteiger charge is 2.29. The molecule has 8 nitrogen and oxygen atoms in total. The predicted octanol–water partition coefficient (Wildman–Crippen LogP) is 5.25. The van der Waals surface area contributed by atoms with Gasteiger partial charge in [0.25, 0.3) is 11.6 Å². The molecule has 0 atom stereocenters. The van der Waals surface area contributed by atoms with Gasteiger partial charge in [-0.15, -0.1) is 0 Å². The van der Waals surface area contributed by atoms with Crippen LogP contribution in [-0.4, -0.2) is 16.7 Å². The van der Waals surface area contributed by atoms with Gasteiger partial charge in [-0.2, -0.15) is 0 Å². The van der Waals surface area contributed by atoms with E-state index in [0.29, 0.717) is 22.7 Å². The lowest BCUT2D eigenvalue weighted by molar-refractivity contribution is -0.383. The van der Waals surface area contributed by atoms with Crippen molar-refractivity contribution in [2.24, 2.45) is 5.92 Å². The summed E-state index contributed by atoms with van der Waals surface area (Å²) in [6, 6.07) is 18.6. The highest BCUT2D eigenvalue weighted by molar-refractivity contribution is 6.06. The van der Waals surface area contributed by atoms with Crippen molar-refractivity contribution in [3.8, 4) is 0 Å². The first-order chi connectivity index (χ1) is 15.4. The third-order valence-corrected chi connectivity index (χ3v) is 5.21. The van der Waals surface area contributed by atoms with Crippen LogP contribution in [0.3, 0.4) is 0 Å². The van der Waals surface area contributed by atoms with Crippen LogP contribution in [-0.2, 0) is 4.79 Å². The van der Waals surface area contributed by atoms with Gasteiger partial charge in [0.2, 0.25) is 5.91 Å². The second kappa shape index (κ2) is 8.89. The number of nitro benzene ring substituents is 1. The summed E-state index contributed by atoms with van der Waals surface area (Å²) in [5, 5.41) is 20.2. The summed E-state index contributed by atoms with van der Waals surface area (Å²) in [6.45, 7) is 1.83. The molecule has 0 heterocycles. The van der Waals surface area contributed by atoms with Crippen molar-refractivity contribution in [1.82, 2.24) is 0 Å². The van der Waals surface area contributed by atoms with Crippen LogP contribution in [0.2, 0.25) is 0 Å². The number of nitrogens with one attached hydrogen (secondary N) is 3. The van der Waals surface area contributed by atoms with Crippen LogP contribution in [0.25, 0.3) is 0 Å². The van der Waals surface area contributed by atoms with Gasteiger partial charge in [-0.05, 0) is 61.7 Å². The Morgan fingerprint density at radius 3 is 2.34 bits per heavy atom.